The van der Waals surface area contributed by atoms with Crippen LogP contribution >= 0.6 is 0 Å². The second-order valence-corrected chi connectivity index (χ2v) is 6.14. The van der Waals surface area contributed by atoms with Gasteiger partial charge in [-0.2, -0.15) is 0 Å². The monoisotopic (exact) mass is 330 g/mol. The Kier molecular flexibility index (Phi) is 4.85. The summed E-state index contributed by atoms with van der Waals surface area (Å²) >= 11 is 0. The number of rotatable bonds is 5. The molecule has 0 unspecified atom stereocenters. The van der Waals surface area contributed by atoms with Gasteiger partial charge >= 0.3 is 0 Å². The second-order valence-electron chi connectivity index (χ2n) is 6.14. The van der Waals surface area contributed by atoms with Crippen LogP contribution in [0.3, 0.4) is 0 Å². The fourth-order valence-electron chi connectivity index (χ4n) is 3.06. The van der Waals surface area contributed by atoms with Crippen LogP contribution in [0.4, 0.5) is 0 Å². The van der Waals surface area contributed by atoms with Crippen molar-refractivity contribution in [2.75, 3.05) is 19.7 Å². The van der Waals surface area contributed by atoms with Crippen LogP contribution in [0.15, 0.2) is 34.9 Å². The Morgan fingerprint density at radius 3 is 2.96 bits per heavy atom. The molecule has 0 saturated carbocycles. The molecule has 1 aromatic carbocycles. The number of nitrogens with zero attached hydrogens (tertiary/aromatic N) is 2. The summed E-state index contributed by atoms with van der Waals surface area (Å²) in [6, 6.07) is 9.01. The summed E-state index contributed by atoms with van der Waals surface area (Å²) in [6.45, 7) is 5.15. The van der Waals surface area contributed by atoms with E-state index in [1.54, 1.807) is 23.1 Å². The largest absolute Gasteiger partial charge is 0.494 e. The Bertz CT molecular complexity index is 713. The van der Waals surface area contributed by atoms with Gasteiger partial charge in [0.2, 0.25) is 0 Å². The zero-order valence-electron chi connectivity index (χ0n) is 13.9. The first-order chi connectivity index (χ1) is 11.6. The summed E-state index contributed by atoms with van der Waals surface area (Å²) in [5, 5.41) is 14.1. The molecule has 128 valence electrons. The number of aliphatic hydroxyl groups excluding tert-OH is 1. The Labute approximate surface area is 141 Å². The zero-order valence-corrected chi connectivity index (χ0v) is 13.9. The molecule has 2 aromatic rings. The highest BCUT2D eigenvalue weighted by atomic mass is 16.5. The molecule has 1 N–H and O–H groups in total. The third-order valence-corrected chi connectivity index (χ3v) is 4.23. The van der Waals surface area contributed by atoms with E-state index in [0.29, 0.717) is 37.4 Å². The Balaban J connectivity index is 1.67. The van der Waals surface area contributed by atoms with Crippen LogP contribution in [-0.4, -0.2) is 46.9 Å². The average Bonchev–Trinajstić information content (AvgIpc) is 3.14. The van der Waals surface area contributed by atoms with Crippen molar-refractivity contribution in [2.24, 2.45) is 5.92 Å². The van der Waals surface area contributed by atoms with E-state index in [-0.39, 0.29) is 11.8 Å². The van der Waals surface area contributed by atoms with Crippen molar-refractivity contribution in [2.45, 2.75) is 26.4 Å². The van der Waals surface area contributed by atoms with Crippen molar-refractivity contribution >= 4 is 5.91 Å². The minimum atomic E-state index is -0.561. The normalized spacial score (nSPS) is 20.4. The Morgan fingerprint density at radius 1 is 1.42 bits per heavy atom. The maximum Gasteiger partial charge on any atom is 0.254 e. The molecule has 1 saturated heterocycles. The van der Waals surface area contributed by atoms with Gasteiger partial charge in [-0.3, -0.25) is 4.79 Å². The summed E-state index contributed by atoms with van der Waals surface area (Å²) in [6.07, 6.45) is 0.0135. The highest BCUT2D eigenvalue weighted by molar-refractivity contribution is 5.94. The molecule has 24 heavy (non-hydrogen) atoms. The quantitative estimate of drug-likeness (QED) is 0.908. The van der Waals surface area contributed by atoms with Crippen molar-refractivity contribution in [3.63, 3.8) is 0 Å². The topological polar surface area (TPSA) is 75.8 Å². The van der Waals surface area contributed by atoms with Crippen molar-refractivity contribution in [1.29, 1.82) is 0 Å². The van der Waals surface area contributed by atoms with E-state index in [1.807, 2.05) is 26.0 Å². The third kappa shape index (κ3) is 3.59. The van der Waals surface area contributed by atoms with Gasteiger partial charge < -0.3 is 19.3 Å². The smallest absolute Gasteiger partial charge is 0.254 e. The zero-order chi connectivity index (χ0) is 17.1. The maximum atomic E-state index is 12.7. The van der Waals surface area contributed by atoms with Crippen molar-refractivity contribution < 1.29 is 19.2 Å². The standard InChI is InChI=1S/C18H22N2O4/c1-3-23-15-6-4-5-13(8-15)18(22)20-10-14(17(21)11-20)9-16-7-12(2)19-24-16/h4-8,14,17,21H,3,9-11H2,1-2H3/t14-,17+/m1/s1. The number of hydrogen-bond acceptors (Lipinski definition) is 5. The number of aromatic nitrogens is 1. The molecular formula is C18H22N2O4. The van der Waals surface area contributed by atoms with Crippen molar-refractivity contribution in [3.8, 4) is 5.75 Å². The van der Waals surface area contributed by atoms with Crippen molar-refractivity contribution in [1.82, 2.24) is 10.1 Å². The van der Waals surface area contributed by atoms with Gasteiger partial charge in [0.05, 0.1) is 18.4 Å². The summed E-state index contributed by atoms with van der Waals surface area (Å²) in [5.41, 5.74) is 1.39. The fraction of sp³-hybridized carbons (Fsp3) is 0.444. The molecule has 1 aromatic heterocycles. The predicted octanol–water partition coefficient (Wildman–Crippen LogP) is 2.06. The fourth-order valence-corrected chi connectivity index (χ4v) is 3.06. The molecule has 2 atom stereocenters. The molecule has 0 spiro atoms. The Morgan fingerprint density at radius 2 is 2.25 bits per heavy atom. The number of amides is 1. The van der Waals surface area contributed by atoms with Crippen LogP contribution in [0.25, 0.3) is 0 Å². The predicted molar refractivity (Wildman–Crippen MR) is 88.0 cm³/mol. The number of aryl methyl sites for hydroxylation is 1. The molecule has 1 amide bonds. The number of carbonyl (C=O) groups excluding carboxylic acids is 1. The van der Waals surface area contributed by atoms with Gasteiger partial charge in [-0.15, -0.1) is 0 Å². The van der Waals surface area contributed by atoms with Gasteiger partial charge in [0.25, 0.3) is 5.91 Å². The number of ether oxygens (including phenoxy) is 1. The Hall–Kier alpha value is -2.34. The lowest BCUT2D eigenvalue weighted by Gasteiger charge is -2.16. The second kappa shape index (κ2) is 7.05. The van der Waals surface area contributed by atoms with Gasteiger partial charge in [-0.05, 0) is 32.0 Å². The average molecular weight is 330 g/mol. The van der Waals surface area contributed by atoms with Gasteiger partial charge in [0, 0.05) is 37.1 Å². The summed E-state index contributed by atoms with van der Waals surface area (Å²) < 4.78 is 10.7. The molecular weight excluding hydrogens is 308 g/mol. The maximum absolute atomic E-state index is 12.7. The molecule has 0 radical (unpaired) electrons. The number of likely N-dealkylation sites (tertiary alicyclic amines) is 1. The van der Waals surface area contributed by atoms with Crippen LogP contribution in [-0.2, 0) is 6.42 Å². The van der Waals surface area contributed by atoms with Gasteiger partial charge in [0.1, 0.15) is 11.5 Å². The molecule has 6 heteroatoms. The molecule has 1 aliphatic heterocycles. The van der Waals surface area contributed by atoms with Crippen LogP contribution in [0.1, 0.15) is 28.7 Å². The number of benzene rings is 1. The molecule has 1 aliphatic rings. The van der Waals surface area contributed by atoms with E-state index >= 15 is 0 Å². The van der Waals surface area contributed by atoms with E-state index in [4.69, 9.17) is 9.26 Å². The SMILES string of the molecule is CCOc1cccc(C(=O)N2C[C@@H](Cc3cc(C)no3)[C@@H](O)C2)c1. The van der Waals surface area contributed by atoms with Gasteiger partial charge in [-0.1, -0.05) is 11.2 Å². The minimum absolute atomic E-state index is 0.0450. The molecule has 1 fully saturated rings. The molecule has 3 rings (SSSR count). The van der Waals surface area contributed by atoms with Crippen LogP contribution < -0.4 is 4.74 Å². The first kappa shape index (κ1) is 16.5. The van der Waals surface area contributed by atoms with Gasteiger partial charge in [0.15, 0.2) is 0 Å². The van der Waals surface area contributed by atoms with Crippen LogP contribution in [0, 0.1) is 12.8 Å². The minimum Gasteiger partial charge on any atom is -0.494 e. The summed E-state index contributed by atoms with van der Waals surface area (Å²) in [5.74, 6) is 1.28. The lowest BCUT2D eigenvalue weighted by atomic mass is 10.0. The van der Waals surface area contributed by atoms with E-state index in [9.17, 15) is 9.90 Å². The van der Waals surface area contributed by atoms with Gasteiger partial charge in [-0.25, -0.2) is 0 Å². The lowest BCUT2D eigenvalue weighted by Crippen LogP contribution is -2.29. The molecule has 0 aliphatic carbocycles. The van der Waals surface area contributed by atoms with E-state index in [0.717, 1.165) is 11.5 Å². The molecule has 2 heterocycles. The number of carbonyl (C=O) groups is 1. The third-order valence-electron chi connectivity index (χ3n) is 4.23. The first-order valence-corrected chi connectivity index (χ1v) is 8.19. The highest BCUT2D eigenvalue weighted by Gasteiger charge is 2.35. The molecule has 0 bridgehead atoms. The van der Waals surface area contributed by atoms with Crippen molar-refractivity contribution in [3.05, 3.63) is 47.3 Å². The number of aliphatic hydroxyl groups is 1. The lowest BCUT2D eigenvalue weighted by molar-refractivity contribution is 0.0764. The van der Waals surface area contributed by atoms with E-state index < -0.39 is 6.10 Å². The molecule has 6 nitrogen and oxygen atoms in total. The summed E-state index contributed by atoms with van der Waals surface area (Å²) in [4.78, 5) is 14.4. The van der Waals surface area contributed by atoms with E-state index in [1.165, 1.54) is 0 Å². The number of β-amino-alcohol motifs (C(OH)–C–C–N with tert-alkyl or cyclic N) is 1. The highest BCUT2D eigenvalue weighted by Crippen LogP contribution is 2.24. The first-order valence-electron chi connectivity index (χ1n) is 8.19. The summed E-state index contributed by atoms with van der Waals surface area (Å²) in [7, 11) is 0. The van der Waals surface area contributed by atoms with Crippen LogP contribution in [0.2, 0.25) is 0 Å². The van der Waals surface area contributed by atoms with Crippen LogP contribution in [0.5, 0.6) is 5.75 Å². The number of hydrogen-bond donors (Lipinski definition) is 1. The van der Waals surface area contributed by atoms with E-state index in [2.05, 4.69) is 5.16 Å².